The Bertz CT molecular complexity index is 772. The van der Waals surface area contributed by atoms with Crippen molar-refractivity contribution < 1.29 is 5.11 Å². The van der Waals surface area contributed by atoms with Gasteiger partial charge in [0.05, 0.1) is 6.54 Å². The molecule has 0 amide bonds. The van der Waals surface area contributed by atoms with Crippen molar-refractivity contribution in [2.45, 2.75) is 26.3 Å². The molecule has 0 spiro atoms. The average Bonchev–Trinajstić information content (AvgIpc) is 3.26. The number of hydrogen-bond acceptors (Lipinski definition) is 2. The fraction of sp³-hybridized carbons (Fsp3) is 0.278. The maximum absolute atomic E-state index is 11.9. The molecular weight excluding hydrogens is 262 g/mol. The molecule has 3 heteroatoms. The molecule has 1 aromatic carbocycles. The summed E-state index contributed by atoms with van der Waals surface area (Å²) in [5, 5.41) is 9.40. The summed E-state index contributed by atoms with van der Waals surface area (Å²) in [7, 11) is 0. The summed E-state index contributed by atoms with van der Waals surface area (Å²) in [6.07, 6.45) is 2.46. The van der Waals surface area contributed by atoms with Gasteiger partial charge in [0.2, 0.25) is 0 Å². The molecule has 1 heterocycles. The van der Waals surface area contributed by atoms with Gasteiger partial charge in [-0.3, -0.25) is 4.79 Å². The molecule has 0 atom stereocenters. The van der Waals surface area contributed by atoms with Crippen molar-refractivity contribution in [3.8, 4) is 17.6 Å². The van der Waals surface area contributed by atoms with Crippen LogP contribution in [-0.4, -0.2) is 9.67 Å². The van der Waals surface area contributed by atoms with Gasteiger partial charge in [-0.25, -0.2) is 0 Å². The molecule has 1 aliphatic rings. The molecule has 3 nitrogen and oxygen atoms in total. The van der Waals surface area contributed by atoms with Crippen molar-refractivity contribution in [1.29, 1.82) is 0 Å². The minimum Gasteiger partial charge on any atom is -0.508 e. The summed E-state index contributed by atoms with van der Waals surface area (Å²) >= 11 is 0. The highest BCUT2D eigenvalue weighted by Gasteiger charge is 2.17. The fourth-order valence-electron chi connectivity index (χ4n) is 2.20. The Balaban J connectivity index is 1.79. The van der Waals surface area contributed by atoms with Gasteiger partial charge in [0.25, 0.3) is 5.56 Å². The Morgan fingerprint density at radius 1 is 1.24 bits per heavy atom. The van der Waals surface area contributed by atoms with Gasteiger partial charge in [-0.1, -0.05) is 24.0 Å². The number of aryl methyl sites for hydroxylation is 1. The number of aromatic nitrogens is 1. The predicted molar refractivity (Wildman–Crippen MR) is 82.2 cm³/mol. The van der Waals surface area contributed by atoms with Crippen molar-refractivity contribution in [1.82, 2.24) is 4.57 Å². The lowest BCUT2D eigenvalue weighted by Crippen LogP contribution is -2.21. The van der Waals surface area contributed by atoms with Crippen molar-refractivity contribution in [2.75, 3.05) is 0 Å². The minimum absolute atomic E-state index is 0.0134. The van der Waals surface area contributed by atoms with Gasteiger partial charge in [-0.2, -0.15) is 0 Å². The van der Waals surface area contributed by atoms with Crippen LogP contribution in [0.1, 0.15) is 29.7 Å². The van der Waals surface area contributed by atoms with Gasteiger partial charge in [-0.05, 0) is 43.5 Å². The summed E-state index contributed by atoms with van der Waals surface area (Å²) in [4.78, 5) is 11.9. The summed E-state index contributed by atoms with van der Waals surface area (Å²) in [6.45, 7) is 2.32. The SMILES string of the molecule is Cc1cc(O)cc(=O)n1Cc1ccc(C#CC2CC2)cc1. The van der Waals surface area contributed by atoms with Crippen LogP contribution in [-0.2, 0) is 6.54 Å². The molecule has 3 rings (SSSR count). The van der Waals surface area contributed by atoms with Crippen molar-refractivity contribution in [3.63, 3.8) is 0 Å². The molecule has 1 saturated carbocycles. The van der Waals surface area contributed by atoms with Gasteiger partial charge >= 0.3 is 0 Å². The fourth-order valence-corrected chi connectivity index (χ4v) is 2.20. The molecule has 106 valence electrons. The highest BCUT2D eigenvalue weighted by molar-refractivity contribution is 5.37. The highest BCUT2D eigenvalue weighted by atomic mass is 16.3. The van der Waals surface area contributed by atoms with E-state index in [0.29, 0.717) is 12.5 Å². The summed E-state index contributed by atoms with van der Waals surface area (Å²) < 4.78 is 1.64. The third kappa shape index (κ3) is 3.35. The van der Waals surface area contributed by atoms with E-state index < -0.39 is 0 Å². The second kappa shape index (κ2) is 5.49. The van der Waals surface area contributed by atoms with E-state index in [4.69, 9.17) is 0 Å². The van der Waals surface area contributed by atoms with Crippen LogP contribution in [0.25, 0.3) is 0 Å². The number of pyridine rings is 1. The lowest BCUT2D eigenvalue weighted by molar-refractivity contribution is 0.470. The first kappa shape index (κ1) is 13.5. The van der Waals surface area contributed by atoms with E-state index in [-0.39, 0.29) is 11.3 Å². The molecule has 1 N–H and O–H groups in total. The van der Waals surface area contributed by atoms with Crippen LogP contribution in [0.15, 0.2) is 41.2 Å². The number of aromatic hydroxyl groups is 1. The van der Waals surface area contributed by atoms with Crippen LogP contribution < -0.4 is 5.56 Å². The molecule has 1 aromatic heterocycles. The number of nitrogens with zero attached hydrogens (tertiary/aromatic N) is 1. The molecule has 1 fully saturated rings. The molecule has 0 bridgehead atoms. The number of rotatable bonds is 2. The van der Waals surface area contributed by atoms with Crippen molar-refractivity contribution in [3.05, 3.63) is 63.6 Å². The van der Waals surface area contributed by atoms with Gasteiger partial charge in [0, 0.05) is 23.2 Å². The first-order chi connectivity index (χ1) is 10.1. The summed E-state index contributed by atoms with van der Waals surface area (Å²) in [5.74, 6) is 7.02. The molecule has 0 unspecified atom stereocenters. The lowest BCUT2D eigenvalue weighted by Gasteiger charge is -2.10. The normalized spacial score (nSPS) is 13.6. The minimum atomic E-state index is -0.190. The zero-order valence-electron chi connectivity index (χ0n) is 12.0. The first-order valence-corrected chi connectivity index (χ1v) is 7.13. The van der Waals surface area contributed by atoms with Crippen molar-refractivity contribution in [2.24, 2.45) is 5.92 Å². The van der Waals surface area contributed by atoms with Crippen LogP contribution in [0.2, 0.25) is 0 Å². The van der Waals surface area contributed by atoms with Crippen molar-refractivity contribution >= 4 is 0 Å². The van der Waals surface area contributed by atoms with Crippen LogP contribution in [0.5, 0.6) is 5.75 Å². The second-order valence-corrected chi connectivity index (χ2v) is 5.52. The Morgan fingerprint density at radius 3 is 2.57 bits per heavy atom. The highest BCUT2D eigenvalue weighted by Crippen LogP contribution is 2.27. The molecule has 1 aliphatic carbocycles. The summed E-state index contributed by atoms with van der Waals surface area (Å²) in [6, 6.07) is 10.8. The quantitative estimate of drug-likeness (QED) is 0.859. The third-order valence-electron chi connectivity index (χ3n) is 3.61. The predicted octanol–water partition coefficient (Wildman–Crippen LogP) is 2.67. The van der Waals surface area contributed by atoms with E-state index in [1.54, 1.807) is 10.6 Å². The summed E-state index contributed by atoms with van der Waals surface area (Å²) in [5.41, 5.74) is 2.62. The Labute approximate surface area is 123 Å². The smallest absolute Gasteiger partial charge is 0.254 e. The maximum Gasteiger partial charge on any atom is 0.254 e. The number of benzene rings is 1. The van der Waals surface area contributed by atoms with E-state index in [2.05, 4.69) is 11.8 Å². The monoisotopic (exact) mass is 279 g/mol. The molecule has 0 aliphatic heterocycles. The maximum atomic E-state index is 11.9. The molecule has 0 saturated heterocycles. The van der Waals surface area contributed by atoms with Gasteiger partial charge in [0.1, 0.15) is 5.75 Å². The topological polar surface area (TPSA) is 42.2 Å². The number of hydrogen-bond donors (Lipinski definition) is 1. The Morgan fingerprint density at radius 2 is 1.95 bits per heavy atom. The van der Waals surface area contributed by atoms with Gasteiger partial charge in [-0.15, -0.1) is 0 Å². The molecule has 21 heavy (non-hydrogen) atoms. The Kier molecular flexibility index (Phi) is 3.53. The average molecular weight is 279 g/mol. The van der Waals surface area contributed by atoms with Crippen LogP contribution in [0.4, 0.5) is 0 Å². The standard InChI is InChI=1S/C18H17NO2/c1-13-10-17(20)11-18(21)19(13)12-16-8-6-15(7-9-16)5-4-14-2-3-14/h6-11,14,20H,2-3,12H2,1H3. The Hall–Kier alpha value is -2.47. The van der Waals surface area contributed by atoms with E-state index >= 15 is 0 Å². The zero-order valence-corrected chi connectivity index (χ0v) is 12.0. The third-order valence-corrected chi connectivity index (χ3v) is 3.61. The van der Waals surface area contributed by atoms with E-state index in [0.717, 1.165) is 16.8 Å². The van der Waals surface area contributed by atoms with E-state index in [1.807, 2.05) is 31.2 Å². The van der Waals surface area contributed by atoms with E-state index in [1.165, 1.54) is 18.9 Å². The van der Waals surface area contributed by atoms with Crippen LogP contribution in [0, 0.1) is 24.7 Å². The van der Waals surface area contributed by atoms with Gasteiger partial charge in [0.15, 0.2) is 0 Å². The lowest BCUT2D eigenvalue weighted by atomic mass is 10.1. The largest absolute Gasteiger partial charge is 0.508 e. The van der Waals surface area contributed by atoms with Crippen LogP contribution >= 0.6 is 0 Å². The molecule has 0 radical (unpaired) electrons. The molecule has 2 aromatic rings. The molecular formula is C18H17NO2. The second-order valence-electron chi connectivity index (χ2n) is 5.52. The van der Waals surface area contributed by atoms with Crippen LogP contribution in [0.3, 0.4) is 0 Å². The van der Waals surface area contributed by atoms with Gasteiger partial charge < -0.3 is 9.67 Å². The van der Waals surface area contributed by atoms with E-state index in [9.17, 15) is 9.90 Å². The zero-order chi connectivity index (χ0) is 14.8. The first-order valence-electron chi connectivity index (χ1n) is 7.13.